The highest BCUT2D eigenvalue weighted by Gasteiger charge is 2.23. The minimum absolute atomic E-state index is 0.878. The van der Waals surface area contributed by atoms with Crippen molar-refractivity contribution in [2.45, 2.75) is 27.7 Å². The van der Waals surface area contributed by atoms with Gasteiger partial charge in [0, 0.05) is 22.7 Å². The molecule has 160 valence electrons. The first-order valence-corrected chi connectivity index (χ1v) is 11.4. The Morgan fingerprint density at radius 1 is 0.636 bits per heavy atom. The molecule has 0 bridgehead atoms. The van der Waals surface area contributed by atoms with Gasteiger partial charge in [0.25, 0.3) is 0 Å². The molecule has 2 heterocycles. The number of ether oxygens (including phenoxy) is 1. The van der Waals surface area contributed by atoms with Crippen molar-refractivity contribution in [3.63, 3.8) is 0 Å². The summed E-state index contributed by atoms with van der Waals surface area (Å²) in [6.45, 7) is 8.68. The van der Waals surface area contributed by atoms with Crippen molar-refractivity contribution in [1.29, 1.82) is 0 Å². The second-order valence-electron chi connectivity index (χ2n) is 9.10. The van der Waals surface area contributed by atoms with Crippen LogP contribution >= 0.6 is 0 Å². The zero-order valence-electron chi connectivity index (χ0n) is 19.4. The number of pyridine rings is 1. The van der Waals surface area contributed by atoms with Gasteiger partial charge in [0.15, 0.2) is 0 Å². The lowest BCUT2D eigenvalue weighted by atomic mass is 9.90. The van der Waals surface area contributed by atoms with Crippen molar-refractivity contribution >= 4 is 10.8 Å². The Morgan fingerprint density at radius 2 is 1.30 bits per heavy atom. The highest BCUT2D eigenvalue weighted by molar-refractivity contribution is 6.05. The Morgan fingerprint density at radius 3 is 2.09 bits per heavy atom. The molecule has 4 aromatic carbocycles. The van der Waals surface area contributed by atoms with Crippen molar-refractivity contribution in [1.82, 2.24) is 4.98 Å². The van der Waals surface area contributed by atoms with Crippen LogP contribution in [0.3, 0.4) is 0 Å². The van der Waals surface area contributed by atoms with Gasteiger partial charge in [-0.25, -0.2) is 0 Å². The van der Waals surface area contributed by atoms with E-state index < -0.39 is 0 Å². The minimum atomic E-state index is 0.878. The topological polar surface area (TPSA) is 22.1 Å². The Balaban J connectivity index is 1.57. The molecule has 1 aliphatic heterocycles. The van der Waals surface area contributed by atoms with Crippen LogP contribution in [0.1, 0.15) is 22.3 Å². The van der Waals surface area contributed by atoms with Crippen molar-refractivity contribution in [2.24, 2.45) is 0 Å². The first-order chi connectivity index (χ1) is 16.0. The van der Waals surface area contributed by atoms with Crippen molar-refractivity contribution in [2.75, 3.05) is 0 Å². The summed E-state index contributed by atoms with van der Waals surface area (Å²) in [6.07, 6.45) is 1.99. The predicted molar refractivity (Wildman–Crippen MR) is 137 cm³/mol. The lowest BCUT2D eigenvalue weighted by Crippen LogP contribution is -2.00. The molecule has 0 radical (unpaired) electrons. The molecule has 1 aromatic heterocycles. The monoisotopic (exact) mass is 427 g/mol. The van der Waals surface area contributed by atoms with Crippen LogP contribution in [-0.4, -0.2) is 4.98 Å². The molecule has 0 N–H and O–H groups in total. The van der Waals surface area contributed by atoms with Crippen LogP contribution in [0.5, 0.6) is 11.5 Å². The summed E-state index contributed by atoms with van der Waals surface area (Å²) in [5, 5.41) is 2.37. The first-order valence-electron chi connectivity index (χ1n) is 11.4. The van der Waals surface area contributed by atoms with Crippen LogP contribution in [0.2, 0.25) is 0 Å². The molecule has 0 spiro atoms. The standard InChI is InChI=1S/C31H25NO/c1-18-14-19(2)29(20(3)15-18)26-16-27(32-17-21(26)4)25-12-7-11-24-23-10-5-8-22-9-6-13-28(30(22)23)33-31(24)25/h5-17H,1-4H3. The average Bonchev–Trinajstić information content (AvgIpc) is 2.80. The second kappa shape index (κ2) is 7.31. The molecule has 0 amide bonds. The lowest BCUT2D eigenvalue weighted by molar-refractivity contribution is 0.488. The van der Waals surface area contributed by atoms with E-state index in [1.165, 1.54) is 49.7 Å². The lowest BCUT2D eigenvalue weighted by Gasteiger charge is -2.23. The third-order valence-corrected chi connectivity index (χ3v) is 6.71. The van der Waals surface area contributed by atoms with Gasteiger partial charge in [0.2, 0.25) is 0 Å². The molecule has 0 fully saturated rings. The number of rotatable bonds is 2. The number of aromatic nitrogens is 1. The van der Waals surface area contributed by atoms with Gasteiger partial charge < -0.3 is 4.74 Å². The summed E-state index contributed by atoms with van der Waals surface area (Å²) >= 11 is 0. The quantitative estimate of drug-likeness (QED) is 0.276. The van der Waals surface area contributed by atoms with E-state index in [1.54, 1.807) is 0 Å². The van der Waals surface area contributed by atoms with Crippen LogP contribution in [0.15, 0.2) is 79.0 Å². The number of nitrogens with zero attached hydrogens (tertiary/aromatic N) is 1. The molecule has 6 rings (SSSR count). The molecule has 2 nitrogen and oxygen atoms in total. The fourth-order valence-electron chi connectivity index (χ4n) is 5.33. The molecule has 0 saturated heterocycles. The first kappa shape index (κ1) is 19.8. The Bertz CT molecular complexity index is 1550. The van der Waals surface area contributed by atoms with Crippen molar-refractivity contribution < 1.29 is 4.74 Å². The fraction of sp³-hybridized carbons (Fsp3) is 0.129. The van der Waals surface area contributed by atoms with E-state index in [-0.39, 0.29) is 0 Å². The van der Waals surface area contributed by atoms with Crippen molar-refractivity contribution in [3.8, 4) is 45.0 Å². The molecule has 0 atom stereocenters. The van der Waals surface area contributed by atoms with Gasteiger partial charge in [0.05, 0.1) is 5.69 Å². The van der Waals surface area contributed by atoms with E-state index >= 15 is 0 Å². The van der Waals surface area contributed by atoms with Gasteiger partial charge in [-0.05, 0) is 84.7 Å². The molecular formula is C31H25NO. The van der Waals surface area contributed by atoms with Gasteiger partial charge >= 0.3 is 0 Å². The van der Waals surface area contributed by atoms with E-state index in [0.717, 1.165) is 28.3 Å². The van der Waals surface area contributed by atoms with Crippen LogP contribution in [-0.2, 0) is 0 Å². The summed E-state index contributed by atoms with van der Waals surface area (Å²) < 4.78 is 6.53. The zero-order chi connectivity index (χ0) is 22.7. The van der Waals surface area contributed by atoms with Gasteiger partial charge in [-0.15, -0.1) is 0 Å². The van der Waals surface area contributed by atoms with E-state index in [0.29, 0.717) is 0 Å². The highest BCUT2D eigenvalue weighted by atomic mass is 16.5. The van der Waals surface area contributed by atoms with Gasteiger partial charge in [-0.1, -0.05) is 60.2 Å². The summed E-state index contributed by atoms with van der Waals surface area (Å²) in [7, 11) is 0. The number of aryl methyl sites for hydroxylation is 4. The number of hydrogen-bond donors (Lipinski definition) is 0. The van der Waals surface area contributed by atoms with E-state index in [2.05, 4.69) is 100 Å². The molecule has 5 aromatic rings. The van der Waals surface area contributed by atoms with E-state index in [1.807, 2.05) is 6.20 Å². The summed E-state index contributed by atoms with van der Waals surface area (Å²) in [5.41, 5.74) is 11.8. The molecular weight excluding hydrogens is 402 g/mol. The summed E-state index contributed by atoms with van der Waals surface area (Å²) in [4.78, 5) is 4.84. The second-order valence-corrected chi connectivity index (χ2v) is 9.10. The molecule has 0 aliphatic carbocycles. The maximum Gasteiger partial charge on any atom is 0.144 e. The van der Waals surface area contributed by atoms with E-state index in [9.17, 15) is 0 Å². The predicted octanol–water partition coefficient (Wildman–Crippen LogP) is 8.58. The number of fused-ring (bicyclic) bond motifs is 2. The normalized spacial score (nSPS) is 11.9. The average molecular weight is 428 g/mol. The SMILES string of the molecule is Cc1cc(C)c(-c2cc(-c3cccc4c3Oc3cccc5cccc-4c35)ncc2C)c(C)c1. The molecule has 33 heavy (non-hydrogen) atoms. The molecule has 2 heteroatoms. The number of hydrogen-bond acceptors (Lipinski definition) is 2. The highest BCUT2D eigenvalue weighted by Crippen LogP contribution is 2.50. The van der Waals surface area contributed by atoms with Crippen LogP contribution < -0.4 is 4.74 Å². The maximum atomic E-state index is 6.53. The Hall–Kier alpha value is -3.91. The number of para-hydroxylation sites is 1. The third-order valence-electron chi connectivity index (χ3n) is 6.71. The van der Waals surface area contributed by atoms with Gasteiger partial charge in [-0.3, -0.25) is 4.98 Å². The zero-order valence-corrected chi connectivity index (χ0v) is 19.4. The van der Waals surface area contributed by atoms with E-state index in [4.69, 9.17) is 9.72 Å². The fourth-order valence-corrected chi connectivity index (χ4v) is 5.33. The molecule has 0 unspecified atom stereocenters. The van der Waals surface area contributed by atoms with Gasteiger partial charge in [-0.2, -0.15) is 0 Å². The third kappa shape index (κ3) is 3.06. The Labute approximate surface area is 194 Å². The minimum Gasteiger partial charge on any atom is -0.455 e. The van der Waals surface area contributed by atoms with Crippen LogP contribution in [0, 0.1) is 27.7 Å². The van der Waals surface area contributed by atoms with Crippen LogP contribution in [0.4, 0.5) is 0 Å². The summed E-state index contributed by atoms with van der Waals surface area (Å²) in [5.74, 6) is 1.78. The molecule has 1 aliphatic rings. The van der Waals surface area contributed by atoms with Crippen molar-refractivity contribution in [3.05, 3.63) is 101 Å². The smallest absolute Gasteiger partial charge is 0.144 e. The maximum absolute atomic E-state index is 6.53. The van der Waals surface area contributed by atoms with Gasteiger partial charge in [0.1, 0.15) is 11.5 Å². The molecule has 0 saturated carbocycles. The largest absolute Gasteiger partial charge is 0.455 e. The summed E-state index contributed by atoms with van der Waals surface area (Å²) in [6, 6.07) is 25.8. The van der Waals surface area contributed by atoms with Crippen LogP contribution in [0.25, 0.3) is 44.3 Å². The number of benzene rings is 4. The Kier molecular flexibility index (Phi) is 4.38.